The van der Waals surface area contributed by atoms with Gasteiger partial charge in [-0.1, -0.05) is 41.4 Å². The number of rotatable bonds is 7. The van der Waals surface area contributed by atoms with Crippen molar-refractivity contribution in [3.63, 3.8) is 0 Å². The van der Waals surface area contributed by atoms with Crippen molar-refractivity contribution in [1.82, 2.24) is 10.3 Å². The Morgan fingerprint density at radius 3 is 2.80 bits per heavy atom. The summed E-state index contributed by atoms with van der Waals surface area (Å²) in [6, 6.07) is 13.1. The quantitative estimate of drug-likeness (QED) is 0.591. The fourth-order valence-electron chi connectivity index (χ4n) is 2.61. The fraction of sp³-hybridized carbons (Fsp3) is 0.211. The van der Waals surface area contributed by atoms with E-state index in [9.17, 15) is 4.79 Å². The largest absolute Gasteiger partial charge is 0.484 e. The number of fused-ring (bicyclic) bond motifs is 1. The van der Waals surface area contributed by atoms with E-state index in [4.69, 9.17) is 27.9 Å². The Kier molecular flexibility index (Phi) is 5.84. The molecule has 1 heterocycles. The number of aryl methyl sites for hydroxylation is 1. The van der Waals surface area contributed by atoms with Gasteiger partial charge in [-0.25, -0.2) is 0 Å². The first kappa shape index (κ1) is 17.6. The number of halogens is 2. The maximum Gasteiger partial charge on any atom is 0.257 e. The summed E-state index contributed by atoms with van der Waals surface area (Å²) in [6.45, 7) is 0.550. The summed E-state index contributed by atoms with van der Waals surface area (Å²) in [7, 11) is 0. The number of carbonyl (C=O) groups is 1. The van der Waals surface area contributed by atoms with Crippen molar-refractivity contribution in [2.24, 2.45) is 0 Å². The Morgan fingerprint density at radius 2 is 1.96 bits per heavy atom. The van der Waals surface area contributed by atoms with Crippen molar-refractivity contribution in [1.29, 1.82) is 0 Å². The Morgan fingerprint density at radius 1 is 1.12 bits per heavy atom. The molecule has 0 unspecified atom stereocenters. The van der Waals surface area contributed by atoms with Crippen molar-refractivity contribution in [3.05, 3.63) is 64.3 Å². The molecule has 0 aliphatic carbocycles. The topological polar surface area (TPSA) is 54.1 Å². The third-order valence-corrected chi connectivity index (χ3v) is 4.62. The van der Waals surface area contributed by atoms with Crippen molar-refractivity contribution < 1.29 is 9.53 Å². The number of ether oxygens (including phenoxy) is 1. The molecule has 0 bridgehead atoms. The van der Waals surface area contributed by atoms with Crippen LogP contribution in [-0.4, -0.2) is 24.0 Å². The summed E-state index contributed by atoms with van der Waals surface area (Å²) in [6.07, 6.45) is 3.79. The van der Waals surface area contributed by atoms with Gasteiger partial charge in [0.15, 0.2) is 6.61 Å². The molecule has 3 rings (SSSR count). The van der Waals surface area contributed by atoms with Crippen LogP contribution in [0.25, 0.3) is 10.9 Å². The number of hydrogen-bond donors (Lipinski definition) is 2. The van der Waals surface area contributed by atoms with Gasteiger partial charge in [-0.05, 0) is 36.6 Å². The lowest BCUT2D eigenvalue weighted by Gasteiger charge is -2.08. The van der Waals surface area contributed by atoms with Gasteiger partial charge in [-0.2, -0.15) is 0 Å². The lowest BCUT2D eigenvalue weighted by atomic mass is 10.1. The van der Waals surface area contributed by atoms with Gasteiger partial charge in [0.2, 0.25) is 0 Å². The highest BCUT2D eigenvalue weighted by molar-refractivity contribution is 6.42. The SMILES string of the molecule is O=C(COc1ccc(Cl)c(Cl)c1)NCCCc1c[nH]c2ccccc12. The molecular formula is C19H18Cl2N2O2. The number of nitrogens with one attached hydrogen (secondary N) is 2. The number of carbonyl (C=O) groups excluding carboxylic acids is 1. The van der Waals surface area contributed by atoms with Crippen LogP contribution < -0.4 is 10.1 Å². The Hall–Kier alpha value is -2.17. The minimum atomic E-state index is -0.162. The highest BCUT2D eigenvalue weighted by Gasteiger charge is 2.06. The normalized spacial score (nSPS) is 10.8. The van der Waals surface area contributed by atoms with Crippen LogP contribution in [-0.2, 0) is 11.2 Å². The number of benzene rings is 2. The Labute approximate surface area is 156 Å². The predicted molar refractivity (Wildman–Crippen MR) is 102 cm³/mol. The van der Waals surface area contributed by atoms with Crippen LogP contribution in [0.3, 0.4) is 0 Å². The van der Waals surface area contributed by atoms with E-state index in [0.717, 1.165) is 18.4 Å². The minimum Gasteiger partial charge on any atom is -0.484 e. The summed E-state index contributed by atoms with van der Waals surface area (Å²) < 4.78 is 5.40. The van der Waals surface area contributed by atoms with E-state index >= 15 is 0 Å². The van der Waals surface area contributed by atoms with E-state index in [1.54, 1.807) is 18.2 Å². The Bertz CT molecular complexity index is 877. The summed E-state index contributed by atoms with van der Waals surface area (Å²) in [5, 5.41) is 4.94. The molecule has 4 nitrogen and oxygen atoms in total. The first-order valence-electron chi connectivity index (χ1n) is 8.03. The van der Waals surface area contributed by atoms with E-state index in [0.29, 0.717) is 22.3 Å². The van der Waals surface area contributed by atoms with Crippen molar-refractivity contribution >= 4 is 40.0 Å². The fourth-order valence-corrected chi connectivity index (χ4v) is 2.90. The predicted octanol–water partition coefficient (Wildman–Crippen LogP) is 4.60. The molecule has 3 aromatic rings. The first-order valence-corrected chi connectivity index (χ1v) is 8.78. The van der Waals surface area contributed by atoms with E-state index in [1.807, 2.05) is 18.3 Å². The van der Waals surface area contributed by atoms with Crippen LogP contribution in [0.4, 0.5) is 0 Å². The molecular weight excluding hydrogens is 359 g/mol. The van der Waals surface area contributed by atoms with Crippen LogP contribution >= 0.6 is 23.2 Å². The maximum absolute atomic E-state index is 11.8. The van der Waals surface area contributed by atoms with Crippen LogP contribution in [0, 0.1) is 0 Å². The molecule has 2 aromatic carbocycles. The zero-order valence-corrected chi connectivity index (χ0v) is 15.0. The molecule has 0 radical (unpaired) electrons. The molecule has 0 atom stereocenters. The second-order valence-electron chi connectivity index (χ2n) is 5.68. The second-order valence-corrected chi connectivity index (χ2v) is 6.49. The average Bonchev–Trinajstić information content (AvgIpc) is 3.03. The number of amides is 1. The van der Waals surface area contributed by atoms with Gasteiger partial charge in [-0.15, -0.1) is 0 Å². The van der Waals surface area contributed by atoms with Crippen molar-refractivity contribution in [2.45, 2.75) is 12.8 Å². The van der Waals surface area contributed by atoms with Crippen LogP contribution in [0.15, 0.2) is 48.7 Å². The van der Waals surface area contributed by atoms with Crippen LogP contribution in [0.1, 0.15) is 12.0 Å². The molecule has 0 aliphatic rings. The summed E-state index contributed by atoms with van der Waals surface area (Å²) >= 11 is 11.7. The molecule has 130 valence electrons. The average molecular weight is 377 g/mol. The molecule has 0 saturated carbocycles. The summed E-state index contributed by atoms with van der Waals surface area (Å²) in [4.78, 5) is 15.1. The molecule has 2 N–H and O–H groups in total. The first-order chi connectivity index (χ1) is 12.1. The lowest BCUT2D eigenvalue weighted by molar-refractivity contribution is -0.123. The molecule has 0 spiro atoms. The second kappa shape index (κ2) is 8.28. The third-order valence-electron chi connectivity index (χ3n) is 3.88. The third kappa shape index (κ3) is 4.68. The van der Waals surface area contributed by atoms with E-state index in [2.05, 4.69) is 22.4 Å². The molecule has 0 saturated heterocycles. The lowest BCUT2D eigenvalue weighted by Crippen LogP contribution is -2.29. The molecule has 25 heavy (non-hydrogen) atoms. The van der Waals surface area contributed by atoms with Crippen LogP contribution in [0.2, 0.25) is 10.0 Å². The van der Waals surface area contributed by atoms with Gasteiger partial charge < -0.3 is 15.0 Å². The van der Waals surface area contributed by atoms with Gasteiger partial charge in [0.1, 0.15) is 5.75 Å². The molecule has 1 aromatic heterocycles. The summed E-state index contributed by atoms with van der Waals surface area (Å²) in [5.41, 5.74) is 2.40. The number of aromatic nitrogens is 1. The number of aromatic amines is 1. The number of para-hydroxylation sites is 1. The van der Waals surface area contributed by atoms with Crippen molar-refractivity contribution in [3.8, 4) is 5.75 Å². The zero-order valence-electron chi connectivity index (χ0n) is 13.5. The van der Waals surface area contributed by atoms with Gasteiger partial charge in [-0.3, -0.25) is 4.79 Å². The smallest absolute Gasteiger partial charge is 0.257 e. The van der Waals surface area contributed by atoms with E-state index in [1.165, 1.54) is 10.9 Å². The summed E-state index contributed by atoms with van der Waals surface area (Å²) in [5.74, 6) is 0.355. The van der Waals surface area contributed by atoms with Crippen LogP contribution in [0.5, 0.6) is 5.75 Å². The number of H-pyrrole nitrogens is 1. The minimum absolute atomic E-state index is 0.0505. The van der Waals surface area contributed by atoms with E-state index in [-0.39, 0.29) is 12.5 Å². The molecule has 0 fully saturated rings. The Balaban J connectivity index is 1.40. The number of hydrogen-bond acceptors (Lipinski definition) is 2. The maximum atomic E-state index is 11.8. The van der Waals surface area contributed by atoms with Gasteiger partial charge in [0.25, 0.3) is 5.91 Å². The highest BCUT2D eigenvalue weighted by atomic mass is 35.5. The highest BCUT2D eigenvalue weighted by Crippen LogP contribution is 2.26. The van der Waals surface area contributed by atoms with Gasteiger partial charge in [0, 0.05) is 29.7 Å². The molecule has 6 heteroatoms. The van der Waals surface area contributed by atoms with E-state index < -0.39 is 0 Å². The molecule has 1 amide bonds. The zero-order chi connectivity index (χ0) is 17.6. The van der Waals surface area contributed by atoms with Gasteiger partial charge >= 0.3 is 0 Å². The monoisotopic (exact) mass is 376 g/mol. The molecule has 0 aliphatic heterocycles. The standard InChI is InChI=1S/C19H18Cl2N2O2/c20-16-8-7-14(10-17(16)21)25-12-19(24)22-9-3-4-13-11-23-18-6-2-1-5-15(13)18/h1-2,5-8,10-11,23H,3-4,9,12H2,(H,22,24). The van der Waals surface area contributed by atoms with Crippen molar-refractivity contribution in [2.75, 3.05) is 13.2 Å². The van der Waals surface area contributed by atoms with Gasteiger partial charge in [0.05, 0.1) is 10.0 Å².